The maximum atomic E-state index is 12.4. The van der Waals surface area contributed by atoms with E-state index in [1.807, 2.05) is 40.1 Å². The minimum absolute atomic E-state index is 0.114. The van der Waals surface area contributed by atoms with Gasteiger partial charge in [0.2, 0.25) is 5.91 Å². The van der Waals surface area contributed by atoms with E-state index in [4.69, 9.17) is 0 Å². The van der Waals surface area contributed by atoms with E-state index in [0.29, 0.717) is 11.7 Å². The summed E-state index contributed by atoms with van der Waals surface area (Å²) in [5.41, 5.74) is -0.597. The van der Waals surface area contributed by atoms with Gasteiger partial charge in [-0.2, -0.15) is 0 Å². The molecule has 0 saturated carbocycles. The van der Waals surface area contributed by atoms with Gasteiger partial charge in [-0.05, 0) is 27.0 Å². The number of nitrogens with zero attached hydrogens (tertiary/aromatic N) is 4. The van der Waals surface area contributed by atoms with Crippen molar-refractivity contribution in [3.63, 3.8) is 0 Å². The van der Waals surface area contributed by atoms with Crippen LogP contribution in [0.3, 0.4) is 0 Å². The molecule has 1 aromatic heterocycles. The average molecular weight is 309 g/mol. The maximum absolute atomic E-state index is 12.4. The first-order chi connectivity index (χ1) is 9.90. The molecule has 0 atom stereocenters. The van der Waals surface area contributed by atoms with Crippen molar-refractivity contribution >= 4 is 29.3 Å². The molecule has 116 valence electrons. The van der Waals surface area contributed by atoms with E-state index >= 15 is 0 Å². The van der Waals surface area contributed by atoms with Crippen molar-refractivity contribution in [1.29, 1.82) is 0 Å². The van der Waals surface area contributed by atoms with E-state index in [0.717, 1.165) is 24.7 Å². The number of hydrogen-bond acceptors (Lipinski definition) is 6. The van der Waals surface area contributed by atoms with E-state index in [1.54, 1.807) is 4.90 Å². The first-order valence-electron chi connectivity index (χ1n) is 7.10. The van der Waals surface area contributed by atoms with E-state index in [9.17, 15) is 4.79 Å². The molecule has 2 heterocycles. The van der Waals surface area contributed by atoms with Gasteiger partial charge in [0.05, 0.1) is 0 Å². The second-order valence-electron chi connectivity index (χ2n) is 5.57. The first kappa shape index (κ1) is 15.9. The largest absolute Gasteiger partial charge is 0.370 e. The number of nitrogens with one attached hydrogen (secondary N) is 1. The Morgan fingerprint density at radius 1 is 1.38 bits per heavy atom. The molecule has 1 saturated heterocycles. The standard InChI is InChI=1S/C14H23N5OS/c1-6-15-10-9-11(17-13(16-10)21-5)19-8-7-18(4)12(20)14(19,2)3/h9H,6-8H2,1-5H3,(H,15,16,17). The topological polar surface area (TPSA) is 61.4 Å². The first-order valence-corrected chi connectivity index (χ1v) is 8.32. The molecule has 0 bridgehead atoms. The monoisotopic (exact) mass is 309 g/mol. The van der Waals surface area contributed by atoms with Crippen LogP contribution < -0.4 is 10.2 Å². The summed E-state index contributed by atoms with van der Waals surface area (Å²) >= 11 is 1.50. The van der Waals surface area contributed by atoms with Crippen molar-refractivity contribution in [2.24, 2.45) is 0 Å². The van der Waals surface area contributed by atoms with E-state index in [-0.39, 0.29) is 5.91 Å². The lowest BCUT2D eigenvalue weighted by Gasteiger charge is -2.45. The van der Waals surface area contributed by atoms with E-state index < -0.39 is 5.54 Å². The molecule has 0 aromatic carbocycles. The van der Waals surface area contributed by atoms with Crippen molar-refractivity contribution < 1.29 is 4.79 Å². The van der Waals surface area contributed by atoms with Crippen LogP contribution in [0.4, 0.5) is 11.6 Å². The highest BCUT2D eigenvalue weighted by molar-refractivity contribution is 7.98. The second kappa shape index (κ2) is 6.09. The Labute approximate surface area is 130 Å². The van der Waals surface area contributed by atoms with Crippen LogP contribution in [-0.4, -0.2) is 59.3 Å². The van der Waals surface area contributed by atoms with Gasteiger partial charge in [-0.15, -0.1) is 0 Å². The lowest BCUT2D eigenvalue weighted by Crippen LogP contribution is -2.62. The molecule has 6 nitrogen and oxygen atoms in total. The van der Waals surface area contributed by atoms with Crippen molar-refractivity contribution in [3.8, 4) is 0 Å². The average Bonchev–Trinajstić information content (AvgIpc) is 2.45. The van der Waals surface area contributed by atoms with Gasteiger partial charge in [-0.25, -0.2) is 9.97 Å². The molecular formula is C14H23N5OS. The normalized spacial score (nSPS) is 18.0. The van der Waals surface area contributed by atoms with Crippen molar-refractivity contribution in [2.45, 2.75) is 31.5 Å². The number of rotatable bonds is 4. The Bertz CT molecular complexity index is 534. The van der Waals surface area contributed by atoms with Gasteiger partial charge >= 0.3 is 0 Å². The summed E-state index contributed by atoms with van der Waals surface area (Å²) in [6, 6.07) is 1.92. The quantitative estimate of drug-likeness (QED) is 0.674. The van der Waals surface area contributed by atoms with Gasteiger partial charge in [0.15, 0.2) is 5.16 Å². The number of aromatic nitrogens is 2. The summed E-state index contributed by atoms with van der Waals surface area (Å²) in [5, 5.41) is 3.94. The zero-order chi connectivity index (χ0) is 15.6. The van der Waals surface area contributed by atoms with Crippen LogP contribution in [0.2, 0.25) is 0 Å². The van der Waals surface area contributed by atoms with Gasteiger partial charge < -0.3 is 15.1 Å². The van der Waals surface area contributed by atoms with Crippen molar-refractivity contribution in [2.75, 3.05) is 43.2 Å². The predicted octanol–water partition coefficient (Wildman–Crippen LogP) is 1.69. The summed E-state index contributed by atoms with van der Waals surface area (Å²) in [5.74, 6) is 1.72. The third-order valence-corrected chi connectivity index (χ3v) is 4.26. The predicted molar refractivity (Wildman–Crippen MR) is 87.0 cm³/mol. The maximum Gasteiger partial charge on any atom is 0.247 e. The minimum atomic E-state index is -0.597. The van der Waals surface area contributed by atoms with Gasteiger partial charge in [0.1, 0.15) is 17.2 Å². The highest BCUT2D eigenvalue weighted by Crippen LogP contribution is 2.29. The molecule has 1 fully saturated rings. The summed E-state index contributed by atoms with van der Waals surface area (Å²) in [7, 11) is 1.85. The fraction of sp³-hybridized carbons (Fsp3) is 0.643. The Hall–Kier alpha value is -1.50. The van der Waals surface area contributed by atoms with E-state index in [1.165, 1.54) is 11.8 Å². The SMILES string of the molecule is CCNc1cc(N2CCN(C)C(=O)C2(C)C)nc(SC)n1. The molecule has 0 aliphatic carbocycles. The van der Waals surface area contributed by atoms with E-state index in [2.05, 4.69) is 20.2 Å². The molecule has 1 amide bonds. The van der Waals surface area contributed by atoms with Crippen LogP contribution in [0.15, 0.2) is 11.2 Å². The number of carbonyl (C=O) groups excluding carboxylic acids is 1. The smallest absolute Gasteiger partial charge is 0.247 e. The molecule has 0 spiro atoms. The lowest BCUT2D eigenvalue weighted by molar-refractivity contribution is -0.136. The molecule has 1 aliphatic rings. The van der Waals surface area contributed by atoms with Crippen LogP contribution in [0.25, 0.3) is 0 Å². The minimum Gasteiger partial charge on any atom is -0.370 e. The number of thioether (sulfide) groups is 1. The molecular weight excluding hydrogens is 286 g/mol. The van der Waals surface area contributed by atoms with Crippen molar-refractivity contribution in [1.82, 2.24) is 14.9 Å². The Morgan fingerprint density at radius 2 is 2.10 bits per heavy atom. The number of anilines is 2. The molecule has 1 N–H and O–H groups in total. The summed E-state index contributed by atoms with van der Waals surface area (Å²) in [6.07, 6.45) is 1.95. The summed E-state index contributed by atoms with van der Waals surface area (Å²) < 4.78 is 0. The highest BCUT2D eigenvalue weighted by atomic mass is 32.2. The molecule has 0 unspecified atom stereocenters. The van der Waals surface area contributed by atoms with Crippen LogP contribution >= 0.6 is 11.8 Å². The second-order valence-corrected chi connectivity index (χ2v) is 6.34. The summed E-state index contributed by atoms with van der Waals surface area (Å²) in [6.45, 7) is 8.19. The Balaban J connectivity index is 2.40. The van der Waals surface area contributed by atoms with Crippen molar-refractivity contribution in [3.05, 3.63) is 6.07 Å². The summed E-state index contributed by atoms with van der Waals surface area (Å²) in [4.78, 5) is 25.3. The molecule has 1 aliphatic heterocycles. The third-order valence-electron chi connectivity index (χ3n) is 3.71. The molecule has 0 radical (unpaired) electrons. The third kappa shape index (κ3) is 3.07. The number of piperazine rings is 1. The zero-order valence-corrected chi connectivity index (χ0v) is 14.1. The fourth-order valence-corrected chi connectivity index (χ4v) is 2.90. The molecule has 7 heteroatoms. The number of carbonyl (C=O) groups is 1. The lowest BCUT2D eigenvalue weighted by atomic mass is 9.98. The molecule has 2 rings (SSSR count). The Morgan fingerprint density at radius 3 is 2.71 bits per heavy atom. The van der Waals surface area contributed by atoms with Gasteiger partial charge in [-0.3, -0.25) is 4.79 Å². The highest BCUT2D eigenvalue weighted by Gasteiger charge is 2.41. The molecule has 1 aromatic rings. The number of likely N-dealkylation sites (N-methyl/N-ethyl adjacent to an activating group) is 1. The Kier molecular flexibility index (Phi) is 4.61. The van der Waals surface area contributed by atoms with Crippen LogP contribution in [0.1, 0.15) is 20.8 Å². The zero-order valence-electron chi connectivity index (χ0n) is 13.3. The van der Waals surface area contributed by atoms with Gasteiger partial charge in [0.25, 0.3) is 0 Å². The van der Waals surface area contributed by atoms with Crippen LogP contribution in [0, 0.1) is 0 Å². The number of amides is 1. The van der Waals surface area contributed by atoms with Crippen LogP contribution in [0.5, 0.6) is 0 Å². The van der Waals surface area contributed by atoms with Gasteiger partial charge in [0, 0.05) is 32.7 Å². The fourth-order valence-electron chi connectivity index (χ4n) is 2.53. The molecule has 21 heavy (non-hydrogen) atoms. The van der Waals surface area contributed by atoms with Gasteiger partial charge in [-0.1, -0.05) is 11.8 Å². The van der Waals surface area contributed by atoms with Crippen LogP contribution in [-0.2, 0) is 4.79 Å². The number of hydrogen-bond donors (Lipinski definition) is 1.